The number of aromatic nitrogens is 1. The molecule has 0 bridgehead atoms. The summed E-state index contributed by atoms with van der Waals surface area (Å²) < 4.78 is 43.3. The number of ether oxygens (including phenoxy) is 1. The molecule has 2 aromatic rings. The Labute approximate surface area is 164 Å². The third-order valence-electron chi connectivity index (χ3n) is 3.44. The van der Waals surface area contributed by atoms with Gasteiger partial charge in [-0.05, 0) is 38.5 Å². The van der Waals surface area contributed by atoms with Gasteiger partial charge in [0, 0.05) is 24.5 Å². The zero-order valence-electron chi connectivity index (χ0n) is 15.8. The van der Waals surface area contributed by atoms with Gasteiger partial charge >= 0.3 is 18.0 Å². The Hall–Kier alpha value is -3.37. The molecule has 8 nitrogen and oxygen atoms in total. The Morgan fingerprint density at radius 3 is 2.34 bits per heavy atom. The van der Waals surface area contributed by atoms with Gasteiger partial charge in [0.05, 0.1) is 10.5 Å². The average Bonchev–Trinajstić information content (AvgIpc) is 2.59. The summed E-state index contributed by atoms with van der Waals surface area (Å²) in [6, 6.07) is 6.80. The number of benzene rings is 1. The van der Waals surface area contributed by atoms with Crippen molar-refractivity contribution in [1.82, 2.24) is 10.3 Å². The summed E-state index contributed by atoms with van der Waals surface area (Å²) in [5.41, 5.74) is -1.53. The third kappa shape index (κ3) is 6.63. The van der Waals surface area contributed by atoms with Crippen LogP contribution < -0.4 is 10.6 Å². The molecule has 1 aromatic carbocycles. The topological polar surface area (TPSA) is 106 Å². The predicted octanol–water partition coefficient (Wildman–Crippen LogP) is 4.78. The van der Waals surface area contributed by atoms with Gasteiger partial charge in [-0.25, -0.2) is 9.78 Å². The summed E-state index contributed by atoms with van der Waals surface area (Å²) in [7, 11) is 0. The fourth-order valence-electron chi connectivity index (χ4n) is 2.17. The molecule has 0 atom stereocenters. The summed E-state index contributed by atoms with van der Waals surface area (Å²) in [4.78, 5) is 25.3. The molecule has 0 aliphatic carbocycles. The molecule has 2 N–H and O–H groups in total. The van der Waals surface area contributed by atoms with Crippen LogP contribution in [-0.4, -0.2) is 21.6 Å². The molecule has 0 aliphatic heterocycles. The summed E-state index contributed by atoms with van der Waals surface area (Å²) in [6.07, 6.45) is -4.79. The van der Waals surface area contributed by atoms with Crippen LogP contribution in [0.1, 0.15) is 31.9 Å². The maximum atomic E-state index is 12.7. The van der Waals surface area contributed by atoms with Gasteiger partial charge in [-0.15, -0.1) is 0 Å². The molecule has 1 heterocycles. The zero-order valence-corrected chi connectivity index (χ0v) is 15.8. The number of carbonyl (C=O) groups is 1. The number of alkyl halides is 3. The summed E-state index contributed by atoms with van der Waals surface area (Å²) in [5, 5.41) is 16.3. The van der Waals surface area contributed by atoms with Crippen LogP contribution in [0, 0.1) is 10.1 Å². The largest absolute Gasteiger partial charge is 0.444 e. The van der Waals surface area contributed by atoms with Crippen molar-refractivity contribution in [3.05, 3.63) is 57.8 Å². The lowest BCUT2D eigenvalue weighted by atomic mass is 10.2. The number of alkyl carbamates (subject to hydrolysis) is 1. The van der Waals surface area contributed by atoms with Crippen molar-refractivity contribution < 1.29 is 27.6 Å². The lowest BCUT2D eigenvalue weighted by Gasteiger charge is -2.19. The Kier molecular flexibility index (Phi) is 6.30. The molecule has 156 valence electrons. The van der Waals surface area contributed by atoms with Crippen LogP contribution in [0.25, 0.3) is 0 Å². The van der Waals surface area contributed by atoms with E-state index in [1.807, 2.05) is 0 Å². The molecular weight excluding hydrogens is 393 g/mol. The normalized spacial score (nSPS) is 11.7. The van der Waals surface area contributed by atoms with E-state index in [0.717, 1.165) is 5.56 Å². The number of nitrogens with zero attached hydrogens (tertiary/aromatic N) is 2. The number of carbonyl (C=O) groups excluding carboxylic acids is 1. The smallest absolute Gasteiger partial charge is 0.418 e. The summed E-state index contributed by atoms with van der Waals surface area (Å²) in [6.45, 7) is 5.40. The number of hydrogen-bond donors (Lipinski definition) is 2. The standard InChI is InChI=1S/C18H19F3N4O4/c1-17(2,3)29-16(26)23-9-11-4-6-13(7-5-11)24-15-14(25(27)28)8-12(10-22-15)18(19,20)21/h4-8,10H,9H2,1-3H3,(H,22,24)(H,23,26). The van der Waals surface area contributed by atoms with E-state index in [0.29, 0.717) is 18.0 Å². The van der Waals surface area contributed by atoms with Gasteiger partial charge in [-0.3, -0.25) is 10.1 Å². The first-order valence-electron chi connectivity index (χ1n) is 8.39. The van der Waals surface area contributed by atoms with E-state index in [1.54, 1.807) is 45.0 Å². The molecule has 0 unspecified atom stereocenters. The fourth-order valence-corrected chi connectivity index (χ4v) is 2.17. The van der Waals surface area contributed by atoms with Crippen LogP contribution in [0.5, 0.6) is 0 Å². The Morgan fingerprint density at radius 1 is 1.21 bits per heavy atom. The van der Waals surface area contributed by atoms with Crippen molar-refractivity contribution in [2.75, 3.05) is 5.32 Å². The average molecular weight is 412 g/mol. The number of nitro groups is 1. The molecule has 1 amide bonds. The van der Waals surface area contributed by atoms with Gasteiger partial charge in [0.2, 0.25) is 5.82 Å². The number of amides is 1. The number of anilines is 2. The highest BCUT2D eigenvalue weighted by Gasteiger charge is 2.34. The first-order chi connectivity index (χ1) is 13.3. The number of hydrogen-bond acceptors (Lipinski definition) is 6. The highest BCUT2D eigenvalue weighted by Crippen LogP contribution is 2.34. The number of nitrogens with one attached hydrogen (secondary N) is 2. The highest BCUT2D eigenvalue weighted by molar-refractivity contribution is 5.68. The monoisotopic (exact) mass is 412 g/mol. The SMILES string of the molecule is CC(C)(C)OC(=O)NCc1ccc(Nc2ncc(C(F)(F)F)cc2[N+](=O)[O-])cc1. The van der Waals surface area contributed by atoms with Crippen molar-refractivity contribution in [2.24, 2.45) is 0 Å². The Bertz CT molecular complexity index is 893. The first kappa shape index (κ1) is 21.9. The van der Waals surface area contributed by atoms with Crippen LogP contribution in [-0.2, 0) is 17.5 Å². The van der Waals surface area contributed by atoms with E-state index < -0.39 is 34.0 Å². The highest BCUT2D eigenvalue weighted by atomic mass is 19.4. The second-order valence-corrected chi connectivity index (χ2v) is 7.02. The third-order valence-corrected chi connectivity index (χ3v) is 3.44. The molecule has 2 rings (SSSR count). The lowest BCUT2D eigenvalue weighted by Crippen LogP contribution is -2.32. The van der Waals surface area contributed by atoms with Gasteiger partial charge in [-0.1, -0.05) is 12.1 Å². The fraction of sp³-hybridized carbons (Fsp3) is 0.333. The van der Waals surface area contributed by atoms with Gasteiger partial charge in [0.25, 0.3) is 0 Å². The maximum Gasteiger partial charge on any atom is 0.418 e. The van der Waals surface area contributed by atoms with E-state index in [1.165, 1.54) is 0 Å². The Balaban J connectivity index is 2.08. The van der Waals surface area contributed by atoms with E-state index >= 15 is 0 Å². The molecule has 0 spiro atoms. The molecule has 0 saturated carbocycles. The molecule has 29 heavy (non-hydrogen) atoms. The number of pyridine rings is 1. The van der Waals surface area contributed by atoms with Gasteiger partial charge in [-0.2, -0.15) is 13.2 Å². The van der Waals surface area contributed by atoms with Crippen LogP contribution in [0.4, 0.5) is 35.2 Å². The maximum absolute atomic E-state index is 12.7. The molecule has 0 aliphatic rings. The van der Waals surface area contributed by atoms with Crippen LogP contribution in [0.2, 0.25) is 0 Å². The van der Waals surface area contributed by atoms with Crippen molar-refractivity contribution in [3.63, 3.8) is 0 Å². The van der Waals surface area contributed by atoms with Crippen molar-refractivity contribution >= 4 is 23.3 Å². The minimum Gasteiger partial charge on any atom is -0.444 e. The molecule has 11 heteroatoms. The van der Waals surface area contributed by atoms with Crippen molar-refractivity contribution in [2.45, 2.75) is 39.1 Å². The minimum atomic E-state index is -4.74. The minimum absolute atomic E-state index is 0.188. The predicted molar refractivity (Wildman–Crippen MR) is 98.7 cm³/mol. The number of rotatable bonds is 5. The number of halogens is 3. The van der Waals surface area contributed by atoms with E-state index in [9.17, 15) is 28.1 Å². The van der Waals surface area contributed by atoms with Crippen LogP contribution in [0.3, 0.4) is 0 Å². The second-order valence-electron chi connectivity index (χ2n) is 7.02. The Morgan fingerprint density at radius 2 is 1.83 bits per heavy atom. The van der Waals surface area contributed by atoms with Gasteiger partial charge in [0.15, 0.2) is 0 Å². The second kappa shape index (κ2) is 8.33. The van der Waals surface area contributed by atoms with Gasteiger partial charge in [0.1, 0.15) is 5.60 Å². The molecule has 1 aromatic heterocycles. The van der Waals surface area contributed by atoms with Crippen LogP contribution in [0.15, 0.2) is 36.5 Å². The van der Waals surface area contributed by atoms with E-state index in [4.69, 9.17) is 4.74 Å². The van der Waals surface area contributed by atoms with Crippen molar-refractivity contribution in [3.8, 4) is 0 Å². The summed E-state index contributed by atoms with van der Waals surface area (Å²) >= 11 is 0. The molecular formula is C18H19F3N4O4. The zero-order chi connectivity index (χ0) is 21.8. The van der Waals surface area contributed by atoms with E-state index in [-0.39, 0.29) is 12.4 Å². The molecule has 0 radical (unpaired) electrons. The summed E-state index contributed by atoms with van der Waals surface area (Å²) in [5.74, 6) is -0.317. The lowest BCUT2D eigenvalue weighted by molar-refractivity contribution is -0.384. The molecule has 0 fully saturated rings. The van der Waals surface area contributed by atoms with Gasteiger partial charge < -0.3 is 15.4 Å². The van der Waals surface area contributed by atoms with Crippen molar-refractivity contribution in [1.29, 1.82) is 0 Å². The molecule has 0 saturated heterocycles. The van der Waals surface area contributed by atoms with Crippen LogP contribution >= 0.6 is 0 Å². The first-order valence-corrected chi connectivity index (χ1v) is 8.39. The quantitative estimate of drug-likeness (QED) is 0.541. The van der Waals surface area contributed by atoms with E-state index in [2.05, 4.69) is 15.6 Å².